The fraction of sp³-hybridized carbons (Fsp3) is 0.278. The molecule has 0 fully saturated rings. The summed E-state index contributed by atoms with van der Waals surface area (Å²) in [6.45, 7) is 0. The van der Waals surface area contributed by atoms with Crippen molar-refractivity contribution < 1.29 is 9.53 Å². The minimum Gasteiger partial charge on any atom is -0.497 e. The van der Waals surface area contributed by atoms with Crippen LogP contribution in [0.3, 0.4) is 0 Å². The molecule has 2 heterocycles. The molecule has 2 aromatic heterocycles. The van der Waals surface area contributed by atoms with E-state index in [1.807, 2.05) is 30.5 Å². The molecule has 7 heteroatoms. The van der Waals surface area contributed by atoms with Crippen LogP contribution in [-0.4, -0.2) is 39.5 Å². The predicted octanol–water partition coefficient (Wildman–Crippen LogP) is 2.10. The summed E-state index contributed by atoms with van der Waals surface area (Å²) in [6, 6.07) is 7.65. The Bertz CT molecular complexity index is 898. The van der Waals surface area contributed by atoms with Crippen LogP contribution in [0.5, 0.6) is 5.75 Å². The van der Waals surface area contributed by atoms with Crippen molar-refractivity contribution in [3.8, 4) is 17.0 Å². The van der Waals surface area contributed by atoms with E-state index in [9.17, 15) is 4.79 Å². The summed E-state index contributed by atoms with van der Waals surface area (Å²) in [5, 5.41) is 17.2. The van der Waals surface area contributed by atoms with E-state index in [4.69, 9.17) is 4.74 Å². The highest BCUT2D eigenvalue weighted by atomic mass is 16.5. The molecular formula is C18H19N5O2. The third-order valence-corrected chi connectivity index (χ3v) is 4.59. The van der Waals surface area contributed by atoms with Crippen LogP contribution in [0.1, 0.15) is 28.0 Å². The molecule has 0 bridgehead atoms. The maximum Gasteiger partial charge on any atom is 0.255 e. The highest BCUT2D eigenvalue weighted by Gasteiger charge is 2.24. The predicted molar refractivity (Wildman–Crippen MR) is 92.4 cm³/mol. The van der Waals surface area contributed by atoms with Gasteiger partial charge in [-0.25, -0.2) is 0 Å². The maximum atomic E-state index is 12.7. The van der Waals surface area contributed by atoms with Gasteiger partial charge in [0.05, 0.1) is 30.8 Å². The van der Waals surface area contributed by atoms with Gasteiger partial charge in [0.15, 0.2) is 0 Å². The van der Waals surface area contributed by atoms with E-state index in [1.165, 1.54) is 11.3 Å². The average Bonchev–Trinajstić information content (AvgIpc) is 3.30. The molecule has 3 N–H and O–H groups in total. The zero-order chi connectivity index (χ0) is 17.2. The first kappa shape index (κ1) is 15.4. The molecule has 3 aromatic rings. The number of nitrogens with zero attached hydrogens (tertiary/aromatic N) is 2. The van der Waals surface area contributed by atoms with E-state index in [0.717, 1.165) is 30.6 Å². The van der Waals surface area contributed by atoms with Crippen LogP contribution in [-0.2, 0) is 12.8 Å². The number of fused-ring (bicyclic) bond motifs is 1. The van der Waals surface area contributed by atoms with E-state index in [-0.39, 0.29) is 11.9 Å². The molecule has 1 atom stereocenters. The molecule has 4 rings (SSSR count). The number of hydrogen-bond acceptors (Lipinski definition) is 4. The molecule has 1 aromatic carbocycles. The molecule has 1 aliphatic carbocycles. The van der Waals surface area contributed by atoms with Crippen molar-refractivity contribution in [2.45, 2.75) is 25.3 Å². The molecular weight excluding hydrogens is 318 g/mol. The third kappa shape index (κ3) is 3.00. The molecule has 0 aliphatic heterocycles. The van der Waals surface area contributed by atoms with Crippen LogP contribution in [0.15, 0.2) is 36.7 Å². The van der Waals surface area contributed by atoms with E-state index in [0.29, 0.717) is 11.3 Å². The van der Waals surface area contributed by atoms with Gasteiger partial charge in [0, 0.05) is 17.3 Å². The number of hydrogen-bond donors (Lipinski definition) is 3. The van der Waals surface area contributed by atoms with Crippen LogP contribution in [0.25, 0.3) is 11.3 Å². The van der Waals surface area contributed by atoms with Crippen LogP contribution < -0.4 is 10.1 Å². The van der Waals surface area contributed by atoms with Crippen LogP contribution in [0.2, 0.25) is 0 Å². The topological polar surface area (TPSA) is 95.7 Å². The standard InChI is InChI=1S/C18H19N5O2/c1-25-14-4-2-3-11(8-14)17-15(10-20-23-17)18(24)21-13-5-6-16-12(7-13)9-19-22-16/h2-4,8-10,13H,5-7H2,1H3,(H,19,22)(H,20,23)(H,21,24)/t13-/m1/s1. The molecule has 1 amide bonds. The molecule has 0 unspecified atom stereocenters. The smallest absolute Gasteiger partial charge is 0.255 e. The number of nitrogens with one attached hydrogen (secondary N) is 3. The number of rotatable bonds is 4. The van der Waals surface area contributed by atoms with Crippen molar-refractivity contribution in [3.05, 3.63) is 53.5 Å². The Labute approximate surface area is 144 Å². The van der Waals surface area contributed by atoms with Gasteiger partial charge in [-0.15, -0.1) is 0 Å². The van der Waals surface area contributed by atoms with Gasteiger partial charge in [0.25, 0.3) is 5.91 Å². The highest BCUT2D eigenvalue weighted by Crippen LogP contribution is 2.25. The van der Waals surface area contributed by atoms with Gasteiger partial charge in [-0.1, -0.05) is 12.1 Å². The van der Waals surface area contributed by atoms with E-state index >= 15 is 0 Å². The minimum atomic E-state index is -0.122. The molecule has 0 radical (unpaired) electrons. The Morgan fingerprint density at radius 2 is 2.16 bits per heavy atom. The number of H-pyrrole nitrogens is 2. The lowest BCUT2D eigenvalue weighted by atomic mass is 9.93. The highest BCUT2D eigenvalue weighted by molar-refractivity contribution is 6.00. The monoisotopic (exact) mass is 337 g/mol. The zero-order valence-corrected chi connectivity index (χ0v) is 13.9. The first-order chi connectivity index (χ1) is 12.2. The SMILES string of the molecule is COc1cccc(-c2[nH]ncc2C(=O)N[C@@H]2CCc3[nH]ncc3C2)c1. The number of aryl methyl sites for hydroxylation is 1. The molecule has 0 saturated heterocycles. The number of amides is 1. The van der Waals surface area contributed by atoms with Crippen molar-refractivity contribution in [3.63, 3.8) is 0 Å². The number of carbonyl (C=O) groups excluding carboxylic acids is 1. The van der Waals surface area contributed by atoms with Crippen molar-refractivity contribution in [2.24, 2.45) is 0 Å². The molecule has 128 valence electrons. The Kier molecular flexibility index (Phi) is 3.97. The average molecular weight is 337 g/mol. The Balaban J connectivity index is 1.53. The molecule has 1 aliphatic rings. The largest absolute Gasteiger partial charge is 0.497 e. The fourth-order valence-electron chi connectivity index (χ4n) is 3.26. The molecule has 7 nitrogen and oxygen atoms in total. The second-order valence-electron chi connectivity index (χ2n) is 6.18. The number of carbonyl (C=O) groups is 1. The molecule has 0 spiro atoms. The van der Waals surface area contributed by atoms with E-state index in [1.54, 1.807) is 13.3 Å². The van der Waals surface area contributed by atoms with Crippen LogP contribution in [0.4, 0.5) is 0 Å². The van der Waals surface area contributed by atoms with Gasteiger partial charge in [-0.05, 0) is 37.0 Å². The van der Waals surface area contributed by atoms with Crippen molar-refractivity contribution in [2.75, 3.05) is 7.11 Å². The Morgan fingerprint density at radius 3 is 3.04 bits per heavy atom. The summed E-state index contributed by atoms with van der Waals surface area (Å²) in [7, 11) is 1.62. The first-order valence-electron chi connectivity index (χ1n) is 8.24. The van der Waals surface area contributed by atoms with Gasteiger partial charge in [-0.3, -0.25) is 15.0 Å². The summed E-state index contributed by atoms with van der Waals surface area (Å²) >= 11 is 0. The summed E-state index contributed by atoms with van der Waals surface area (Å²) in [4.78, 5) is 12.7. The quantitative estimate of drug-likeness (QED) is 0.679. The van der Waals surface area contributed by atoms with Gasteiger partial charge >= 0.3 is 0 Å². The molecule has 0 saturated carbocycles. The second-order valence-corrected chi connectivity index (χ2v) is 6.18. The normalized spacial score (nSPS) is 16.3. The van der Waals surface area contributed by atoms with Gasteiger partial charge in [-0.2, -0.15) is 10.2 Å². The summed E-state index contributed by atoms with van der Waals surface area (Å²) in [5.74, 6) is 0.613. The van der Waals surface area contributed by atoms with E-state index in [2.05, 4.69) is 25.7 Å². The van der Waals surface area contributed by atoms with Gasteiger partial charge in [0.1, 0.15) is 5.75 Å². The zero-order valence-electron chi connectivity index (χ0n) is 13.9. The number of ether oxygens (including phenoxy) is 1. The Hall–Kier alpha value is -3.09. The fourth-order valence-corrected chi connectivity index (χ4v) is 3.26. The first-order valence-corrected chi connectivity index (χ1v) is 8.24. The number of aromatic nitrogens is 4. The lowest BCUT2D eigenvalue weighted by Gasteiger charge is -2.22. The lowest BCUT2D eigenvalue weighted by Crippen LogP contribution is -2.38. The summed E-state index contributed by atoms with van der Waals surface area (Å²) < 4.78 is 5.26. The van der Waals surface area contributed by atoms with Crippen LogP contribution >= 0.6 is 0 Å². The van der Waals surface area contributed by atoms with Crippen molar-refractivity contribution in [1.82, 2.24) is 25.7 Å². The van der Waals surface area contributed by atoms with Crippen LogP contribution in [0, 0.1) is 0 Å². The van der Waals surface area contributed by atoms with Gasteiger partial charge < -0.3 is 10.1 Å². The number of aromatic amines is 2. The van der Waals surface area contributed by atoms with Gasteiger partial charge in [0.2, 0.25) is 0 Å². The molecule has 25 heavy (non-hydrogen) atoms. The minimum absolute atomic E-state index is 0.102. The third-order valence-electron chi connectivity index (χ3n) is 4.59. The maximum absolute atomic E-state index is 12.7. The number of benzene rings is 1. The summed E-state index contributed by atoms with van der Waals surface area (Å²) in [5.41, 5.74) is 4.44. The second kappa shape index (κ2) is 6.43. The lowest BCUT2D eigenvalue weighted by molar-refractivity contribution is 0.0934. The summed E-state index contributed by atoms with van der Waals surface area (Å²) in [6.07, 6.45) is 6.00. The van der Waals surface area contributed by atoms with E-state index < -0.39 is 0 Å². The number of methoxy groups -OCH3 is 1. The van der Waals surface area contributed by atoms with Crippen molar-refractivity contribution >= 4 is 5.91 Å². The Morgan fingerprint density at radius 1 is 1.28 bits per heavy atom. The van der Waals surface area contributed by atoms with Crippen molar-refractivity contribution in [1.29, 1.82) is 0 Å².